The minimum atomic E-state index is -0.538. The first-order valence-electron chi connectivity index (χ1n) is 5.90. The number of rotatable bonds is 5. The molecule has 2 rings (SSSR count). The summed E-state index contributed by atoms with van der Waals surface area (Å²) in [6.07, 6.45) is 0. The van der Waals surface area contributed by atoms with Gasteiger partial charge in [-0.25, -0.2) is 0 Å². The van der Waals surface area contributed by atoms with Gasteiger partial charge in [0.05, 0.1) is 10.5 Å². The minimum Gasteiger partial charge on any atom is -0.508 e. The maximum atomic E-state index is 11.9. The van der Waals surface area contributed by atoms with Crippen LogP contribution in [0.3, 0.4) is 0 Å². The molecule has 0 saturated carbocycles. The number of benzene rings is 2. The number of hydrogen-bond acceptors (Lipinski definition) is 6. The number of phenols is 2. The average molecular weight is 289 g/mol. The van der Waals surface area contributed by atoms with Gasteiger partial charge in [0.1, 0.15) is 17.2 Å². The summed E-state index contributed by atoms with van der Waals surface area (Å²) in [5, 5.41) is 29.2. The molecule has 21 heavy (non-hydrogen) atoms. The van der Waals surface area contributed by atoms with Crippen LogP contribution in [0.1, 0.15) is 10.4 Å². The summed E-state index contributed by atoms with van der Waals surface area (Å²) >= 11 is 0. The Morgan fingerprint density at radius 1 is 1.14 bits per heavy atom. The minimum absolute atomic E-state index is 0.0229. The van der Waals surface area contributed by atoms with Gasteiger partial charge in [-0.15, -0.1) is 0 Å². The molecule has 2 aromatic carbocycles. The predicted octanol–water partition coefficient (Wildman–Crippen LogP) is 2.27. The van der Waals surface area contributed by atoms with Crippen LogP contribution in [-0.2, 0) is 0 Å². The molecule has 0 radical (unpaired) electrons. The molecule has 0 unspecified atom stereocenters. The molecule has 0 atom stereocenters. The Balaban J connectivity index is 2.02. The van der Waals surface area contributed by atoms with Crippen molar-refractivity contribution in [3.63, 3.8) is 0 Å². The van der Waals surface area contributed by atoms with Crippen LogP contribution >= 0.6 is 0 Å². The molecule has 7 heteroatoms. The quantitative estimate of drug-likeness (QED) is 0.496. The highest BCUT2D eigenvalue weighted by Crippen LogP contribution is 2.23. The van der Waals surface area contributed by atoms with E-state index in [0.717, 1.165) is 6.07 Å². The van der Waals surface area contributed by atoms with Crippen molar-refractivity contribution in [1.82, 2.24) is 0 Å². The number of non-ortho nitro benzene ring substituents is 1. The number of hydrogen-bond donors (Lipinski definition) is 2. The van der Waals surface area contributed by atoms with E-state index in [-0.39, 0.29) is 29.4 Å². The smallest absolute Gasteiger partial charge is 0.269 e. The van der Waals surface area contributed by atoms with Gasteiger partial charge in [0.15, 0.2) is 6.61 Å². The number of carbonyl (C=O) groups is 1. The average Bonchev–Trinajstić information content (AvgIpc) is 2.45. The molecule has 2 aromatic rings. The number of carbonyl (C=O) groups excluding carboxylic acids is 1. The van der Waals surface area contributed by atoms with Gasteiger partial charge in [0, 0.05) is 18.2 Å². The van der Waals surface area contributed by atoms with Gasteiger partial charge >= 0.3 is 0 Å². The van der Waals surface area contributed by atoms with Crippen molar-refractivity contribution in [3.05, 3.63) is 58.1 Å². The monoisotopic (exact) mass is 289 g/mol. The fourth-order valence-corrected chi connectivity index (χ4v) is 1.65. The lowest BCUT2D eigenvalue weighted by molar-refractivity contribution is -0.384. The molecule has 7 nitrogen and oxygen atoms in total. The zero-order valence-corrected chi connectivity index (χ0v) is 10.7. The zero-order valence-electron chi connectivity index (χ0n) is 10.7. The lowest BCUT2D eigenvalue weighted by atomic mass is 10.1. The van der Waals surface area contributed by atoms with Gasteiger partial charge < -0.3 is 14.9 Å². The highest BCUT2D eigenvalue weighted by atomic mass is 16.6. The van der Waals surface area contributed by atoms with Crippen LogP contribution in [0.4, 0.5) is 5.69 Å². The Morgan fingerprint density at radius 2 is 1.81 bits per heavy atom. The normalized spacial score (nSPS) is 10.1. The van der Waals surface area contributed by atoms with E-state index in [4.69, 9.17) is 9.84 Å². The molecule has 0 heterocycles. The Labute approximate surface area is 119 Å². The first-order chi connectivity index (χ1) is 9.97. The van der Waals surface area contributed by atoms with Crippen LogP contribution in [0, 0.1) is 10.1 Å². The Hall–Kier alpha value is -3.09. The number of Topliss-reactive ketones (excluding diaryl/α,β-unsaturated/α-hetero) is 1. The van der Waals surface area contributed by atoms with E-state index in [9.17, 15) is 20.0 Å². The van der Waals surface area contributed by atoms with Crippen molar-refractivity contribution >= 4 is 11.5 Å². The SMILES string of the molecule is O=C(COc1ccc([N+](=O)[O-])cc1)c1ccc(O)cc1O. The van der Waals surface area contributed by atoms with Crippen molar-refractivity contribution in [1.29, 1.82) is 0 Å². The molecule has 0 aliphatic heterocycles. The second kappa shape index (κ2) is 5.91. The third-order valence-electron chi connectivity index (χ3n) is 2.70. The third-order valence-corrected chi connectivity index (χ3v) is 2.70. The van der Waals surface area contributed by atoms with E-state index in [0.29, 0.717) is 5.75 Å². The van der Waals surface area contributed by atoms with Gasteiger partial charge in [-0.3, -0.25) is 14.9 Å². The first kappa shape index (κ1) is 14.3. The fraction of sp³-hybridized carbons (Fsp3) is 0.0714. The van der Waals surface area contributed by atoms with Crippen LogP contribution < -0.4 is 4.74 Å². The second-order valence-corrected chi connectivity index (χ2v) is 4.16. The van der Waals surface area contributed by atoms with E-state index < -0.39 is 10.7 Å². The van der Waals surface area contributed by atoms with Crippen molar-refractivity contribution < 1.29 is 24.7 Å². The fourth-order valence-electron chi connectivity index (χ4n) is 1.65. The Morgan fingerprint density at radius 3 is 2.38 bits per heavy atom. The van der Waals surface area contributed by atoms with Gasteiger partial charge in [-0.05, 0) is 24.3 Å². The number of aromatic hydroxyl groups is 2. The summed E-state index contributed by atoms with van der Waals surface area (Å²) in [7, 11) is 0. The van der Waals surface area contributed by atoms with E-state index in [2.05, 4.69) is 0 Å². The van der Waals surface area contributed by atoms with E-state index in [1.54, 1.807) is 0 Å². The van der Waals surface area contributed by atoms with E-state index >= 15 is 0 Å². The molecular formula is C14H11NO6. The third kappa shape index (κ3) is 3.47. The summed E-state index contributed by atoms with van der Waals surface area (Å²) in [5.74, 6) is -0.675. The number of ketones is 1. The number of nitro groups is 1. The largest absolute Gasteiger partial charge is 0.508 e. The molecule has 0 spiro atoms. The summed E-state index contributed by atoms with van der Waals surface area (Å²) in [6.45, 7) is -0.337. The highest BCUT2D eigenvalue weighted by molar-refractivity contribution is 5.99. The standard InChI is InChI=1S/C14H11NO6/c16-10-3-6-12(13(17)7-10)14(18)8-21-11-4-1-9(2-5-11)15(19)20/h1-7,16-17H,8H2. The topological polar surface area (TPSA) is 110 Å². The number of nitrogens with zero attached hydrogens (tertiary/aromatic N) is 1. The second-order valence-electron chi connectivity index (χ2n) is 4.16. The maximum Gasteiger partial charge on any atom is 0.269 e. The van der Waals surface area contributed by atoms with Crippen LogP contribution in [0.2, 0.25) is 0 Å². The van der Waals surface area contributed by atoms with E-state index in [1.165, 1.54) is 36.4 Å². The molecular weight excluding hydrogens is 278 g/mol. The zero-order chi connectivity index (χ0) is 15.4. The van der Waals surface area contributed by atoms with Gasteiger partial charge in [0.2, 0.25) is 5.78 Å². The first-order valence-corrected chi connectivity index (χ1v) is 5.90. The predicted molar refractivity (Wildman–Crippen MR) is 72.7 cm³/mol. The summed E-state index contributed by atoms with van der Waals surface area (Å²) in [4.78, 5) is 21.8. The molecule has 0 aliphatic carbocycles. The Kier molecular flexibility index (Phi) is 4.03. The summed E-state index contributed by atoms with van der Waals surface area (Å²) < 4.78 is 5.20. The van der Waals surface area contributed by atoms with Gasteiger partial charge in [-0.1, -0.05) is 0 Å². The van der Waals surface area contributed by atoms with Crippen LogP contribution in [0.25, 0.3) is 0 Å². The van der Waals surface area contributed by atoms with Crippen molar-refractivity contribution in [3.8, 4) is 17.2 Å². The highest BCUT2D eigenvalue weighted by Gasteiger charge is 2.13. The lowest BCUT2D eigenvalue weighted by Crippen LogP contribution is -2.11. The van der Waals surface area contributed by atoms with Crippen LogP contribution in [0.15, 0.2) is 42.5 Å². The number of ether oxygens (including phenoxy) is 1. The Bertz CT molecular complexity index is 680. The molecule has 0 aromatic heterocycles. The van der Waals surface area contributed by atoms with Gasteiger partial charge in [-0.2, -0.15) is 0 Å². The molecule has 0 fully saturated rings. The van der Waals surface area contributed by atoms with Crippen LogP contribution in [0.5, 0.6) is 17.2 Å². The van der Waals surface area contributed by atoms with Gasteiger partial charge in [0.25, 0.3) is 5.69 Å². The maximum absolute atomic E-state index is 11.9. The molecule has 2 N–H and O–H groups in total. The lowest BCUT2D eigenvalue weighted by Gasteiger charge is -2.07. The number of phenolic OH excluding ortho intramolecular Hbond substituents is 2. The number of nitro benzene ring substituents is 1. The summed E-state index contributed by atoms with van der Waals surface area (Å²) in [6, 6.07) is 8.89. The molecule has 0 amide bonds. The van der Waals surface area contributed by atoms with Crippen molar-refractivity contribution in [2.75, 3.05) is 6.61 Å². The molecule has 108 valence electrons. The summed E-state index contributed by atoms with van der Waals surface area (Å²) in [5.41, 5.74) is -0.0560. The molecule has 0 saturated heterocycles. The van der Waals surface area contributed by atoms with E-state index in [1.807, 2.05) is 0 Å². The van der Waals surface area contributed by atoms with Crippen molar-refractivity contribution in [2.24, 2.45) is 0 Å². The van der Waals surface area contributed by atoms with Crippen LogP contribution in [-0.4, -0.2) is 27.5 Å². The molecule has 0 aliphatic rings. The molecule has 0 bridgehead atoms. The van der Waals surface area contributed by atoms with Crippen molar-refractivity contribution in [2.45, 2.75) is 0 Å².